The van der Waals surface area contributed by atoms with E-state index < -0.39 is 5.82 Å². The van der Waals surface area contributed by atoms with Crippen LogP contribution in [0.4, 0.5) is 4.39 Å². The van der Waals surface area contributed by atoms with Crippen LogP contribution in [0.2, 0.25) is 5.02 Å². The van der Waals surface area contributed by atoms with Crippen molar-refractivity contribution in [3.05, 3.63) is 63.9 Å². The number of para-hydroxylation sites is 1. The number of amides is 1. The second-order valence-corrected chi connectivity index (χ2v) is 6.57. The molecule has 1 amide bonds. The molecule has 0 aliphatic heterocycles. The number of rotatable bonds is 5. The zero-order chi connectivity index (χ0) is 16.2. The van der Waals surface area contributed by atoms with Crippen molar-refractivity contribution >= 4 is 39.1 Å². The maximum absolute atomic E-state index is 13.6. The molecule has 6 heteroatoms. The molecule has 23 heavy (non-hydrogen) atoms. The molecule has 3 aromatic rings. The molecule has 1 aromatic heterocycles. The number of carbonyl (C=O) groups is 1. The summed E-state index contributed by atoms with van der Waals surface area (Å²) in [5.74, 6) is -0.711. The van der Waals surface area contributed by atoms with E-state index in [9.17, 15) is 9.18 Å². The zero-order valence-corrected chi connectivity index (χ0v) is 13.8. The maximum atomic E-state index is 13.6. The van der Waals surface area contributed by atoms with Crippen LogP contribution in [-0.4, -0.2) is 17.4 Å². The molecule has 3 rings (SSSR count). The summed E-state index contributed by atoms with van der Waals surface area (Å²) in [4.78, 5) is 16.4. The summed E-state index contributed by atoms with van der Waals surface area (Å²) in [5.41, 5.74) is 1.20. The Morgan fingerprint density at radius 3 is 2.83 bits per heavy atom. The first kappa shape index (κ1) is 15.9. The average molecular weight is 349 g/mol. The molecule has 0 atom stereocenters. The largest absolute Gasteiger partial charge is 0.355 e. The molecule has 0 saturated heterocycles. The van der Waals surface area contributed by atoms with Crippen LogP contribution in [0.5, 0.6) is 0 Å². The molecule has 1 heterocycles. The quantitative estimate of drug-likeness (QED) is 0.757. The Bertz CT molecular complexity index is 796. The van der Waals surface area contributed by atoms with E-state index in [2.05, 4.69) is 10.3 Å². The highest BCUT2D eigenvalue weighted by Crippen LogP contribution is 2.22. The number of hydrogen-bond acceptors (Lipinski definition) is 3. The Morgan fingerprint density at radius 1 is 1.22 bits per heavy atom. The van der Waals surface area contributed by atoms with Crippen molar-refractivity contribution in [2.75, 3.05) is 6.54 Å². The van der Waals surface area contributed by atoms with Crippen LogP contribution in [0.1, 0.15) is 10.6 Å². The predicted molar refractivity (Wildman–Crippen MR) is 91.4 cm³/mol. The minimum atomic E-state index is -0.459. The third kappa shape index (κ3) is 3.86. The lowest BCUT2D eigenvalue weighted by Crippen LogP contribution is -2.27. The SMILES string of the molecule is O=C(Cc1c(F)cccc1Cl)NCCc1nc2ccccc2s1. The van der Waals surface area contributed by atoms with Crippen LogP contribution in [-0.2, 0) is 17.6 Å². The van der Waals surface area contributed by atoms with Gasteiger partial charge in [0, 0.05) is 23.6 Å². The zero-order valence-electron chi connectivity index (χ0n) is 12.2. The van der Waals surface area contributed by atoms with Crippen LogP contribution < -0.4 is 5.32 Å². The molecular weight excluding hydrogens is 335 g/mol. The number of benzene rings is 2. The molecule has 0 aliphatic carbocycles. The fourth-order valence-corrected chi connectivity index (χ4v) is 3.46. The van der Waals surface area contributed by atoms with Crippen molar-refractivity contribution in [1.82, 2.24) is 10.3 Å². The van der Waals surface area contributed by atoms with Crippen molar-refractivity contribution in [3.8, 4) is 0 Å². The van der Waals surface area contributed by atoms with Crippen LogP contribution in [0, 0.1) is 5.82 Å². The van der Waals surface area contributed by atoms with Gasteiger partial charge in [0.1, 0.15) is 5.82 Å². The lowest BCUT2D eigenvalue weighted by molar-refractivity contribution is -0.120. The highest BCUT2D eigenvalue weighted by Gasteiger charge is 2.12. The second-order valence-electron chi connectivity index (χ2n) is 5.05. The Kier molecular flexibility index (Phi) is 4.88. The van der Waals surface area contributed by atoms with E-state index in [4.69, 9.17) is 11.6 Å². The Labute approximate surface area is 142 Å². The summed E-state index contributed by atoms with van der Waals surface area (Å²) in [6.07, 6.45) is 0.585. The van der Waals surface area contributed by atoms with Gasteiger partial charge < -0.3 is 5.32 Å². The minimum absolute atomic E-state index is 0.0641. The summed E-state index contributed by atoms with van der Waals surface area (Å²) in [5, 5.41) is 4.02. The first-order valence-corrected chi connectivity index (χ1v) is 8.37. The summed E-state index contributed by atoms with van der Waals surface area (Å²) in [6.45, 7) is 0.463. The van der Waals surface area contributed by atoms with Gasteiger partial charge in [-0.3, -0.25) is 4.79 Å². The van der Waals surface area contributed by atoms with E-state index in [0.29, 0.717) is 13.0 Å². The molecule has 1 N–H and O–H groups in total. The van der Waals surface area contributed by atoms with Crippen molar-refractivity contribution in [2.24, 2.45) is 0 Å². The molecule has 0 fully saturated rings. The first-order valence-electron chi connectivity index (χ1n) is 7.17. The van der Waals surface area contributed by atoms with Gasteiger partial charge in [-0.05, 0) is 24.3 Å². The molecule has 0 radical (unpaired) electrons. The summed E-state index contributed by atoms with van der Waals surface area (Å²) >= 11 is 7.53. The van der Waals surface area contributed by atoms with Crippen molar-refractivity contribution in [3.63, 3.8) is 0 Å². The van der Waals surface area contributed by atoms with Crippen molar-refractivity contribution < 1.29 is 9.18 Å². The summed E-state index contributed by atoms with van der Waals surface area (Å²) in [6, 6.07) is 12.3. The van der Waals surface area contributed by atoms with E-state index in [1.54, 1.807) is 17.4 Å². The van der Waals surface area contributed by atoms with Crippen molar-refractivity contribution in [2.45, 2.75) is 12.8 Å². The van der Waals surface area contributed by atoms with Gasteiger partial charge in [0.2, 0.25) is 5.91 Å². The van der Waals surface area contributed by atoms with E-state index in [0.717, 1.165) is 15.2 Å². The predicted octanol–water partition coefficient (Wildman–Crippen LogP) is 3.99. The smallest absolute Gasteiger partial charge is 0.224 e. The van der Waals surface area contributed by atoms with Gasteiger partial charge in [-0.1, -0.05) is 29.8 Å². The summed E-state index contributed by atoms with van der Waals surface area (Å²) < 4.78 is 14.8. The molecule has 118 valence electrons. The fraction of sp³-hybridized carbons (Fsp3) is 0.176. The molecule has 0 bridgehead atoms. The molecule has 2 aromatic carbocycles. The Balaban J connectivity index is 1.55. The van der Waals surface area contributed by atoms with Gasteiger partial charge in [-0.25, -0.2) is 9.37 Å². The lowest BCUT2D eigenvalue weighted by atomic mass is 10.1. The Hall–Kier alpha value is -1.98. The second kappa shape index (κ2) is 7.06. The number of nitrogens with one attached hydrogen (secondary N) is 1. The van der Waals surface area contributed by atoms with Gasteiger partial charge in [0.15, 0.2) is 0 Å². The highest BCUT2D eigenvalue weighted by atomic mass is 35.5. The number of aromatic nitrogens is 1. The molecule has 0 spiro atoms. The fourth-order valence-electron chi connectivity index (χ4n) is 2.26. The molecule has 0 saturated carbocycles. The average Bonchev–Trinajstić information content (AvgIpc) is 2.94. The molecule has 0 unspecified atom stereocenters. The lowest BCUT2D eigenvalue weighted by Gasteiger charge is -2.06. The monoisotopic (exact) mass is 348 g/mol. The number of carbonyl (C=O) groups excluding carboxylic acids is 1. The number of thiazole rings is 1. The maximum Gasteiger partial charge on any atom is 0.224 e. The minimum Gasteiger partial charge on any atom is -0.355 e. The van der Waals surface area contributed by atoms with Gasteiger partial charge in [-0.15, -0.1) is 11.3 Å². The molecule has 0 aliphatic rings. The number of nitrogens with zero attached hydrogens (tertiary/aromatic N) is 1. The van der Waals surface area contributed by atoms with Gasteiger partial charge in [-0.2, -0.15) is 0 Å². The highest BCUT2D eigenvalue weighted by molar-refractivity contribution is 7.18. The number of hydrogen-bond donors (Lipinski definition) is 1. The van der Waals surface area contributed by atoms with Crippen LogP contribution in [0.3, 0.4) is 0 Å². The van der Waals surface area contributed by atoms with E-state index in [1.165, 1.54) is 12.1 Å². The van der Waals surface area contributed by atoms with Gasteiger partial charge in [0.05, 0.1) is 21.6 Å². The van der Waals surface area contributed by atoms with Crippen LogP contribution in [0.25, 0.3) is 10.2 Å². The van der Waals surface area contributed by atoms with Crippen LogP contribution in [0.15, 0.2) is 42.5 Å². The van der Waals surface area contributed by atoms with E-state index >= 15 is 0 Å². The van der Waals surface area contributed by atoms with Crippen LogP contribution >= 0.6 is 22.9 Å². The van der Waals surface area contributed by atoms with Gasteiger partial charge >= 0.3 is 0 Å². The van der Waals surface area contributed by atoms with E-state index in [1.807, 2.05) is 24.3 Å². The first-order chi connectivity index (χ1) is 11.1. The molecular formula is C17H14ClFN2OS. The van der Waals surface area contributed by atoms with E-state index in [-0.39, 0.29) is 22.9 Å². The number of halogens is 2. The molecule has 3 nitrogen and oxygen atoms in total. The topological polar surface area (TPSA) is 42.0 Å². The van der Waals surface area contributed by atoms with Gasteiger partial charge in [0.25, 0.3) is 0 Å². The number of fused-ring (bicyclic) bond motifs is 1. The summed E-state index contributed by atoms with van der Waals surface area (Å²) in [7, 11) is 0. The van der Waals surface area contributed by atoms with Crippen molar-refractivity contribution in [1.29, 1.82) is 0 Å². The third-order valence-electron chi connectivity index (χ3n) is 3.40. The standard InChI is InChI=1S/C17H14ClFN2OS/c18-12-4-3-5-13(19)11(12)10-16(22)20-9-8-17-21-14-6-1-2-7-15(14)23-17/h1-7H,8-10H2,(H,20,22). The third-order valence-corrected chi connectivity index (χ3v) is 4.85. The normalized spacial score (nSPS) is 10.9. The Morgan fingerprint density at radius 2 is 2.04 bits per heavy atom.